The first-order chi connectivity index (χ1) is 12.4. The van der Waals surface area contributed by atoms with Crippen LogP contribution >= 0.6 is 0 Å². The van der Waals surface area contributed by atoms with Crippen molar-refractivity contribution in [3.05, 3.63) is 59.9 Å². The molecule has 3 rings (SSSR count). The molecule has 2 aromatic carbocycles. The average molecular weight is 373 g/mol. The number of hydrogen-bond acceptors (Lipinski definition) is 5. The number of anilines is 1. The molecule has 0 saturated heterocycles. The van der Waals surface area contributed by atoms with Crippen LogP contribution in [0.2, 0.25) is 0 Å². The highest BCUT2D eigenvalue weighted by molar-refractivity contribution is 7.92. The molecule has 0 aliphatic heterocycles. The standard InChI is InChI=1S/C19H19NO5S/c1-3-11-24-18-15-12-14(20-26(2,22)23)9-10-16(15)25-19(18)17(21)13-7-5-4-6-8-13/h4-10,12,20H,3,11H2,1-2H3. The van der Waals surface area contributed by atoms with Gasteiger partial charge in [0.15, 0.2) is 5.75 Å². The molecular formula is C19H19NO5S. The zero-order valence-corrected chi connectivity index (χ0v) is 15.3. The predicted octanol–water partition coefficient (Wildman–Crippen LogP) is 3.82. The Labute approximate surface area is 151 Å². The van der Waals surface area contributed by atoms with Gasteiger partial charge in [-0.05, 0) is 24.6 Å². The monoisotopic (exact) mass is 373 g/mol. The first-order valence-electron chi connectivity index (χ1n) is 8.16. The number of benzene rings is 2. The fourth-order valence-corrected chi connectivity index (χ4v) is 3.13. The highest BCUT2D eigenvalue weighted by atomic mass is 32.2. The quantitative estimate of drug-likeness (QED) is 0.636. The normalized spacial score (nSPS) is 11.5. The maximum absolute atomic E-state index is 12.8. The summed E-state index contributed by atoms with van der Waals surface area (Å²) in [5.74, 6) is 0.148. The number of hydrogen-bond donors (Lipinski definition) is 1. The Morgan fingerprint density at radius 1 is 1.15 bits per heavy atom. The van der Waals surface area contributed by atoms with E-state index < -0.39 is 10.0 Å². The molecule has 0 radical (unpaired) electrons. The van der Waals surface area contributed by atoms with Crippen LogP contribution in [0.5, 0.6) is 5.75 Å². The number of ketones is 1. The fraction of sp³-hybridized carbons (Fsp3) is 0.211. The summed E-state index contributed by atoms with van der Waals surface area (Å²) in [6.45, 7) is 2.37. The van der Waals surface area contributed by atoms with Crippen molar-refractivity contribution in [2.24, 2.45) is 0 Å². The van der Waals surface area contributed by atoms with Crippen molar-refractivity contribution < 1.29 is 22.4 Å². The second-order valence-corrected chi connectivity index (χ2v) is 7.64. The Hall–Kier alpha value is -2.80. The number of rotatable bonds is 7. The van der Waals surface area contributed by atoms with Crippen LogP contribution in [-0.2, 0) is 10.0 Å². The minimum absolute atomic E-state index is 0.108. The number of furan rings is 1. The number of nitrogens with one attached hydrogen (secondary N) is 1. The van der Waals surface area contributed by atoms with E-state index in [2.05, 4.69) is 4.72 Å². The molecule has 0 atom stereocenters. The van der Waals surface area contributed by atoms with E-state index in [-0.39, 0.29) is 11.5 Å². The lowest BCUT2D eigenvalue weighted by atomic mass is 10.1. The Balaban J connectivity index is 2.11. The van der Waals surface area contributed by atoms with E-state index in [0.29, 0.717) is 34.6 Å². The molecular weight excluding hydrogens is 354 g/mol. The fourth-order valence-electron chi connectivity index (χ4n) is 2.57. The van der Waals surface area contributed by atoms with Crippen LogP contribution in [0.15, 0.2) is 52.9 Å². The average Bonchev–Trinajstić information content (AvgIpc) is 2.96. The second-order valence-electron chi connectivity index (χ2n) is 5.89. The van der Waals surface area contributed by atoms with Gasteiger partial charge < -0.3 is 9.15 Å². The van der Waals surface area contributed by atoms with Crippen LogP contribution in [0.1, 0.15) is 29.5 Å². The molecule has 1 heterocycles. The molecule has 0 bridgehead atoms. The number of sulfonamides is 1. The first kappa shape index (κ1) is 18.0. The van der Waals surface area contributed by atoms with Crippen molar-refractivity contribution in [3.8, 4) is 5.75 Å². The summed E-state index contributed by atoms with van der Waals surface area (Å²) in [5.41, 5.74) is 1.32. The van der Waals surface area contributed by atoms with E-state index in [1.807, 2.05) is 13.0 Å². The molecule has 3 aromatic rings. The van der Waals surface area contributed by atoms with Gasteiger partial charge in [0.1, 0.15) is 5.58 Å². The summed E-state index contributed by atoms with van der Waals surface area (Å²) < 4.78 is 36.9. The zero-order valence-electron chi connectivity index (χ0n) is 14.5. The van der Waals surface area contributed by atoms with E-state index in [9.17, 15) is 13.2 Å². The van der Waals surface area contributed by atoms with Crippen LogP contribution in [0.3, 0.4) is 0 Å². The summed E-state index contributed by atoms with van der Waals surface area (Å²) in [7, 11) is -3.42. The van der Waals surface area contributed by atoms with Crippen LogP contribution in [0.25, 0.3) is 11.0 Å². The van der Waals surface area contributed by atoms with Gasteiger partial charge in [-0.15, -0.1) is 0 Å². The molecule has 0 aliphatic rings. The number of fused-ring (bicyclic) bond motifs is 1. The molecule has 6 nitrogen and oxygen atoms in total. The minimum atomic E-state index is -3.42. The van der Waals surface area contributed by atoms with Gasteiger partial charge in [-0.1, -0.05) is 37.3 Å². The van der Waals surface area contributed by atoms with Crippen molar-refractivity contribution in [1.29, 1.82) is 0 Å². The molecule has 0 saturated carbocycles. The molecule has 1 aromatic heterocycles. The van der Waals surface area contributed by atoms with Gasteiger partial charge in [-0.2, -0.15) is 0 Å². The van der Waals surface area contributed by atoms with Crippen LogP contribution in [0.4, 0.5) is 5.69 Å². The lowest BCUT2D eigenvalue weighted by molar-refractivity contribution is 0.101. The number of carbonyl (C=O) groups is 1. The van der Waals surface area contributed by atoms with Crippen molar-refractivity contribution in [3.63, 3.8) is 0 Å². The third-order valence-corrected chi connectivity index (χ3v) is 4.24. The smallest absolute Gasteiger partial charge is 0.232 e. The maximum atomic E-state index is 12.8. The third-order valence-electron chi connectivity index (χ3n) is 3.64. The molecule has 0 spiro atoms. The summed E-state index contributed by atoms with van der Waals surface area (Å²) in [6.07, 6.45) is 1.83. The lowest BCUT2D eigenvalue weighted by Gasteiger charge is -2.06. The van der Waals surface area contributed by atoms with Crippen molar-refractivity contribution in [2.75, 3.05) is 17.6 Å². The highest BCUT2D eigenvalue weighted by Gasteiger charge is 2.23. The Morgan fingerprint density at radius 3 is 2.54 bits per heavy atom. The molecule has 0 aliphatic carbocycles. The Morgan fingerprint density at radius 2 is 1.88 bits per heavy atom. The minimum Gasteiger partial charge on any atom is -0.489 e. The van der Waals surface area contributed by atoms with E-state index >= 15 is 0 Å². The maximum Gasteiger partial charge on any atom is 0.232 e. The van der Waals surface area contributed by atoms with E-state index in [1.54, 1.807) is 42.5 Å². The largest absolute Gasteiger partial charge is 0.489 e. The molecule has 0 amide bonds. The van der Waals surface area contributed by atoms with E-state index in [0.717, 1.165) is 12.7 Å². The predicted molar refractivity (Wildman–Crippen MR) is 100 cm³/mol. The zero-order chi connectivity index (χ0) is 18.7. The van der Waals surface area contributed by atoms with Crippen LogP contribution in [0, 0.1) is 0 Å². The van der Waals surface area contributed by atoms with Gasteiger partial charge in [0.25, 0.3) is 0 Å². The van der Waals surface area contributed by atoms with Crippen molar-refractivity contribution in [1.82, 2.24) is 0 Å². The van der Waals surface area contributed by atoms with Crippen LogP contribution < -0.4 is 9.46 Å². The van der Waals surface area contributed by atoms with Gasteiger partial charge in [0, 0.05) is 11.3 Å². The molecule has 7 heteroatoms. The second kappa shape index (κ2) is 7.21. The molecule has 0 unspecified atom stereocenters. The Bertz CT molecular complexity index is 1040. The highest BCUT2D eigenvalue weighted by Crippen LogP contribution is 2.36. The first-order valence-corrected chi connectivity index (χ1v) is 10.0. The van der Waals surface area contributed by atoms with Gasteiger partial charge in [-0.25, -0.2) is 8.42 Å². The van der Waals surface area contributed by atoms with Gasteiger partial charge >= 0.3 is 0 Å². The van der Waals surface area contributed by atoms with Gasteiger partial charge in [0.05, 0.1) is 18.2 Å². The van der Waals surface area contributed by atoms with E-state index in [1.165, 1.54) is 0 Å². The van der Waals surface area contributed by atoms with Gasteiger partial charge in [0.2, 0.25) is 21.6 Å². The summed E-state index contributed by atoms with van der Waals surface area (Å²) >= 11 is 0. The SMILES string of the molecule is CCCOc1c(C(=O)c2ccccc2)oc2ccc(NS(C)(=O)=O)cc12. The number of carbonyl (C=O) groups excluding carboxylic acids is 1. The van der Waals surface area contributed by atoms with Crippen LogP contribution in [-0.4, -0.2) is 27.1 Å². The lowest BCUT2D eigenvalue weighted by Crippen LogP contribution is -2.09. The summed E-state index contributed by atoms with van der Waals surface area (Å²) in [6, 6.07) is 13.6. The van der Waals surface area contributed by atoms with E-state index in [4.69, 9.17) is 9.15 Å². The summed E-state index contributed by atoms with van der Waals surface area (Å²) in [5, 5.41) is 0.548. The van der Waals surface area contributed by atoms with Crippen molar-refractivity contribution in [2.45, 2.75) is 13.3 Å². The molecule has 1 N–H and O–H groups in total. The molecule has 0 fully saturated rings. The molecule has 136 valence electrons. The van der Waals surface area contributed by atoms with Crippen molar-refractivity contribution >= 4 is 32.5 Å². The summed E-state index contributed by atoms with van der Waals surface area (Å²) in [4.78, 5) is 12.8. The topological polar surface area (TPSA) is 85.6 Å². The third kappa shape index (κ3) is 3.88. The molecule has 26 heavy (non-hydrogen) atoms. The Kier molecular flexibility index (Phi) is 4.99. The van der Waals surface area contributed by atoms with Gasteiger partial charge in [-0.3, -0.25) is 9.52 Å². The number of ether oxygens (including phenoxy) is 1.